The van der Waals surface area contributed by atoms with Crippen molar-refractivity contribution in [1.82, 2.24) is 14.5 Å². The van der Waals surface area contributed by atoms with Crippen molar-refractivity contribution < 1.29 is 5.11 Å². The van der Waals surface area contributed by atoms with Crippen LogP contribution in [0.15, 0.2) is 17.3 Å². The quantitative estimate of drug-likeness (QED) is 0.742. The molecule has 2 aromatic rings. The molecule has 0 unspecified atom stereocenters. The number of aromatic nitrogens is 3. The smallest absolute Gasteiger partial charge is 0.277 e. The number of aromatic hydroxyl groups is 1. The maximum atomic E-state index is 11.7. The minimum Gasteiger partial charge on any atom is -0.504 e. The molecule has 0 atom stereocenters. The van der Waals surface area contributed by atoms with Gasteiger partial charge >= 0.3 is 0 Å². The lowest BCUT2D eigenvalue weighted by molar-refractivity contribution is 0.480. The van der Waals surface area contributed by atoms with E-state index in [-0.39, 0.29) is 11.3 Å². The molecule has 14 heavy (non-hydrogen) atoms. The van der Waals surface area contributed by atoms with Crippen molar-refractivity contribution in [2.24, 2.45) is 0 Å². The second kappa shape index (κ2) is 3.17. The van der Waals surface area contributed by atoms with Gasteiger partial charge in [0.05, 0.1) is 6.33 Å². The maximum Gasteiger partial charge on any atom is 0.277 e. The Labute approximate surface area is 80.0 Å². The Morgan fingerprint density at radius 2 is 2.43 bits per heavy atom. The molecule has 0 aromatic carbocycles. The van der Waals surface area contributed by atoms with E-state index in [9.17, 15) is 9.90 Å². The summed E-state index contributed by atoms with van der Waals surface area (Å²) in [5.41, 5.74) is 0.554. The Morgan fingerprint density at radius 1 is 1.64 bits per heavy atom. The third-order valence-corrected chi connectivity index (χ3v) is 2.10. The first-order chi connectivity index (χ1) is 6.74. The molecule has 74 valence electrons. The number of hydrogen-bond acceptors (Lipinski definition) is 3. The Kier molecular flexibility index (Phi) is 1.99. The fraction of sp³-hybridized carbons (Fsp3) is 0.333. The Hall–Kier alpha value is -1.78. The van der Waals surface area contributed by atoms with Crippen LogP contribution in [-0.4, -0.2) is 19.6 Å². The van der Waals surface area contributed by atoms with E-state index in [2.05, 4.69) is 9.97 Å². The Morgan fingerprint density at radius 3 is 3.14 bits per heavy atom. The van der Waals surface area contributed by atoms with Crippen molar-refractivity contribution in [2.45, 2.75) is 19.9 Å². The SMILES string of the molecule is CCCn1cnc2c(O)c[nH]c2c1=O. The lowest BCUT2D eigenvalue weighted by atomic mass is 10.4. The van der Waals surface area contributed by atoms with Crippen LogP contribution in [0.1, 0.15) is 13.3 Å². The summed E-state index contributed by atoms with van der Waals surface area (Å²) >= 11 is 0. The Bertz CT molecular complexity index is 512. The van der Waals surface area contributed by atoms with E-state index in [4.69, 9.17) is 0 Å². The molecule has 5 nitrogen and oxygen atoms in total. The molecule has 0 amide bonds. The molecule has 5 heteroatoms. The molecule has 0 aliphatic carbocycles. The lowest BCUT2D eigenvalue weighted by Gasteiger charge is -2.01. The molecule has 0 radical (unpaired) electrons. The zero-order chi connectivity index (χ0) is 10.1. The van der Waals surface area contributed by atoms with Gasteiger partial charge in [-0.05, 0) is 6.42 Å². The minimum atomic E-state index is -0.142. The van der Waals surface area contributed by atoms with Crippen LogP contribution in [0.25, 0.3) is 11.0 Å². The van der Waals surface area contributed by atoms with Crippen LogP contribution >= 0.6 is 0 Å². The van der Waals surface area contributed by atoms with Gasteiger partial charge in [-0.3, -0.25) is 9.36 Å². The molecule has 0 saturated heterocycles. The molecule has 0 saturated carbocycles. The van der Waals surface area contributed by atoms with Gasteiger partial charge in [0.15, 0.2) is 5.75 Å². The fourth-order valence-electron chi connectivity index (χ4n) is 1.42. The van der Waals surface area contributed by atoms with Crippen molar-refractivity contribution >= 4 is 11.0 Å². The third-order valence-electron chi connectivity index (χ3n) is 2.10. The minimum absolute atomic E-state index is 0.0146. The largest absolute Gasteiger partial charge is 0.504 e. The van der Waals surface area contributed by atoms with Gasteiger partial charge in [-0.2, -0.15) is 0 Å². The Balaban J connectivity index is 2.70. The highest BCUT2D eigenvalue weighted by Gasteiger charge is 2.08. The van der Waals surface area contributed by atoms with Crippen LogP contribution in [0.4, 0.5) is 0 Å². The molecule has 0 fully saturated rings. The van der Waals surface area contributed by atoms with Crippen molar-refractivity contribution in [2.75, 3.05) is 0 Å². The lowest BCUT2D eigenvalue weighted by Crippen LogP contribution is -2.20. The first-order valence-corrected chi connectivity index (χ1v) is 4.49. The predicted molar refractivity (Wildman–Crippen MR) is 52.3 cm³/mol. The van der Waals surface area contributed by atoms with Gasteiger partial charge in [-0.15, -0.1) is 0 Å². The summed E-state index contributed by atoms with van der Waals surface area (Å²) in [5, 5.41) is 9.31. The van der Waals surface area contributed by atoms with Gasteiger partial charge in [0.1, 0.15) is 11.0 Å². The van der Waals surface area contributed by atoms with Crippen LogP contribution in [0.3, 0.4) is 0 Å². The second-order valence-corrected chi connectivity index (χ2v) is 3.14. The van der Waals surface area contributed by atoms with Gasteiger partial charge in [0.25, 0.3) is 5.56 Å². The summed E-state index contributed by atoms with van der Waals surface area (Å²) in [4.78, 5) is 18.4. The average molecular weight is 193 g/mol. The number of aryl methyl sites for hydroxylation is 1. The van der Waals surface area contributed by atoms with Crippen molar-refractivity contribution in [1.29, 1.82) is 0 Å². The summed E-state index contributed by atoms with van der Waals surface area (Å²) in [6, 6.07) is 0. The van der Waals surface area contributed by atoms with E-state index in [0.717, 1.165) is 6.42 Å². The van der Waals surface area contributed by atoms with Crippen molar-refractivity contribution in [3.05, 3.63) is 22.9 Å². The number of hydrogen-bond donors (Lipinski definition) is 2. The molecule has 2 heterocycles. The number of H-pyrrole nitrogens is 1. The van der Waals surface area contributed by atoms with Crippen LogP contribution in [0.5, 0.6) is 5.75 Å². The van der Waals surface area contributed by atoms with Gasteiger partial charge in [-0.25, -0.2) is 4.98 Å². The average Bonchev–Trinajstić information content (AvgIpc) is 2.54. The summed E-state index contributed by atoms with van der Waals surface area (Å²) in [7, 11) is 0. The summed E-state index contributed by atoms with van der Waals surface area (Å²) < 4.78 is 1.53. The zero-order valence-electron chi connectivity index (χ0n) is 7.82. The summed E-state index contributed by atoms with van der Waals surface area (Å²) in [5.74, 6) is 0.0146. The number of rotatable bonds is 2. The monoisotopic (exact) mass is 193 g/mol. The van der Waals surface area contributed by atoms with E-state index in [0.29, 0.717) is 17.6 Å². The highest BCUT2D eigenvalue weighted by atomic mass is 16.3. The highest BCUT2D eigenvalue weighted by molar-refractivity contribution is 5.80. The van der Waals surface area contributed by atoms with Crippen molar-refractivity contribution in [3.63, 3.8) is 0 Å². The summed E-state index contributed by atoms with van der Waals surface area (Å²) in [6.07, 6.45) is 3.71. The predicted octanol–water partition coefficient (Wildman–Crippen LogP) is 0.840. The van der Waals surface area contributed by atoms with Crippen LogP contribution in [-0.2, 0) is 6.54 Å². The zero-order valence-corrected chi connectivity index (χ0v) is 7.82. The molecule has 2 rings (SSSR count). The normalized spacial score (nSPS) is 10.9. The van der Waals surface area contributed by atoms with E-state index in [1.807, 2.05) is 6.92 Å². The summed E-state index contributed by atoms with van der Waals surface area (Å²) in [6.45, 7) is 2.63. The standard InChI is InChI=1S/C9H11N3O2/c1-2-3-12-5-11-7-6(13)4-10-8(7)9(12)14/h4-5,10,13H,2-3H2,1H3. The fourth-order valence-corrected chi connectivity index (χ4v) is 1.42. The molecule has 0 bridgehead atoms. The van der Waals surface area contributed by atoms with Gasteiger partial charge in [0.2, 0.25) is 0 Å². The van der Waals surface area contributed by atoms with E-state index >= 15 is 0 Å². The molecule has 0 aliphatic heterocycles. The highest BCUT2D eigenvalue weighted by Crippen LogP contribution is 2.17. The molecule has 0 spiro atoms. The van der Waals surface area contributed by atoms with Gasteiger partial charge in [-0.1, -0.05) is 6.92 Å². The number of nitrogens with one attached hydrogen (secondary N) is 1. The maximum absolute atomic E-state index is 11.7. The first-order valence-electron chi connectivity index (χ1n) is 4.49. The van der Waals surface area contributed by atoms with E-state index in [1.165, 1.54) is 17.1 Å². The van der Waals surface area contributed by atoms with E-state index < -0.39 is 0 Å². The molecule has 2 N–H and O–H groups in total. The molecule has 2 aromatic heterocycles. The van der Waals surface area contributed by atoms with Crippen LogP contribution in [0.2, 0.25) is 0 Å². The molecule has 0 aliphatic rings. The molecular weight excluding hydrogens is 182 g/mol. The van der Waals surface area contributed by atoms with E-state index in [1.54, 1.807) is 0 Å². The van der Waals surface area contributed by atoms with Gasteiger partial charge in [0, 0.05) is 12.7 Å². The first kappa shape index (κ1) is 8.80. The number of aromatic amines is 1. The molecular formula is C9H11N3O2. The number of fused-ring (bicyclic) bond motifs is 1. The third kappa shape index (κ3) is 1.17. The topological polar surface area (TPSA) is 70.9 Å². The number of nitrogens with zero attached hydrogens (tertiary/aromatic N) is 2. The van der Waals surface area contributed by atoms with Crippen molar-refractivity contribution in [3.8, 4) is 5.75 Å². The van der Waals surface area contributed by atoms with Gasteiger partial charge < -0.3 is 10.1 Å². The van der Waals surface area contributed by atoms with Crippen LogP contribution < -0.4 is 5.56 Å². The second-order valence-electron chi connectivity index (χ2n) is 3.14. The van der Waals surface area contributed by atoms with Crippen LogP contribution in [0, 0.1) is 0 Å².